The van der Waals surface area contributed by atoms with E-state index < -0.39 is 0 Å². The quantitative estimate of drug-likeness (QED) is 0.692. The van der Waals surface area contributed by atoms with E-state index in [9.17, 15) is 4.39 Å². The van der Waals surface area contributed by atoms with Crippen molar-refractivity contribution in [1.29, 1.82) is 0 Å². The van der Waals surface area contributed by atoms with Gasteiger partial charge in [0.05, 0.1) is 11.1 Å². The van der Waals surface area contributed by atoms with E-state index in [2.05, 4.69) is 21.2 Å². The summed E-state index contributed by atoms with van der Waals surface area (Å²) in [5.74, 6) is 0.718. The number of benzene rings is 2. The molecule has 0 heterocycles. The summed E-state index contributed by atoms with van der Waals surface area (Å²) in [6.45, 7) is 4.11. The molecule has 2 aromatic carbocycles. The minimum atomic E-state index is -0.136. The molecule has 1 N–H and O–H groups in total. The van der Waals surface area contributed by atoms with Crippen LogP contribution in [0.15, 0.2) is 46.9 Å². The second-order valence-corrected chi connectivity index (χ2v) is 5.57. The lowest BCUT2D eigenvalue weighted by molar-refractivity contribution is 0.338. The Morgan fingerprint density at radius 1 is 1.18 bits per heavy atom. The first-order valence-corrected chi connectivity index (χ1v) is 7.85. The Hall–Kier alpha value is -1.10. The van der Waals surface area contributed by atoms with Gasteiger partial charge in [-0.1, -0.05) is 24.3 Å². The highest BCUT2D eigenvalue weighted by Crippen LogP contribution is 2.25. The van der Waals surface area contributed by atoms with Crippen molar-refractivity contribution < 1.29 is 9.13 Å². The molecule has 0 aliphatic heterocycles. The maximum absolute atomic E-state index is 13.5. The molecule has 0 saturated heterocycles. The van der Waals surface area contributed by atoms with Gasteiger partial charge in [0.25, 0.3) is 0 Å². The molecule has 0 aliphatic carbocycles. The van der Waals surface area contributed by atoms with E-state index >= 15 is 0 Å². The molecule has 0 aromatic heterocycles. The summed E-state index contributed by atoms with van der Waals surface area (Å²) >= 11 is 3.50. The zero-order valence-electron chi connectivity index (χ0n) is 12.4. The van der Waals surface area contributed by atoms with Crippen LogP contribution in [0.5, 0.6) is 5.75 Å². The average Bonchev–Trinajstić information content (AvgIpc) is 2.48. The highest BCUT2D eigenvalue weighted by molar-refractivity contribution is 9.10. The van der Waals surface area contributed by atoms with Crippen LogP contribution in [-0.4, -0.2) is 13.2 Å². The van der Waals surface area contributed by atoms with Crippen LogP contribution < -0.4 is 10.1 Å². The zero-order valence-corrected chi connectivity index (χ0v) is 14.8. The van der Waals surface area contributed by atoms with E-state index in [1.807, 2.05) is 37.3 Å². The van der Waals surface area contributed by atoms with Gasteiger partial charge in [-0.15, -0.1) is 12.4 Å². The Balaban J connectivity index is 0.00000242. The van der Waals surface area contributed by atoms with Gasteiger partial charge in [0, 0.05) is 6.54 Å². The summed E-state index contributed by atoms with van der Waals surface area (Å²) in [5, 5.41) is 3.33. The lowest BCUT2D eigenvalue weighted by Crippen LogP contribution is -2.17. The van der Waals surface area contributed by atoms with Crippen molar-refractivity contribution in [1.82, 2.24) is 5.32 Å². The van der Waals surface area contributed by atoms with Crippen molar-refractivity contribution in [2.45, 2.75) is 19.9 Å². The molecule has 22 heavy (non-hydrogen) atoms. The third-order valence-electron chi connectivity index (χ3n) is 3.15. The van der Waals surface area contributed by atoms with Crippen LogP contribution in [0.25, 0.3) is 0 Å². The van der Waals surface area contributed by atoms with Gasteiger partial charge in [0.1, 0.15) is 11.6 Å². The molecular weight excluding hydrogens is 369 g/mol. The van der Waals surface area contributed by atoms with Gasteiger partial charge in [-0.2, -0.15) is 0 Å². The minimum Gasteiger partial charge on any atom is -0.493 e. The van der Waals surface area contributed by atoms with E-state index in [0.29, 0.717) is 13.0 Å². The van der Waals surface area contributed by atoms with Crippen LogP contribution in [0, 0.1) is 5.82 Å². The van der Waals surface area contributed by atoms with E-state index in [-0.39, 0.29) is 18.2 Å². The van der Waals surface area contributed by atoms with Crippen LogP contribution in [0.1, 0.15) is 18.1 Å². The molecule has 2 nitrogen and oxygen atoms in total. The van der Waals surface area contributed by atoms with Crippen LogP contribution in [0.4, 0.5) is 4.39 Å². The van der Waals surface area contributed by atoms with Crippen LogP contribution >= 0.6 is 28.3 Å². The Morgan fingerprint density at radius 2 is 1.95 bits per heavy atom. The van der Waals surface area contributed by atoms with Crippen LogP contribution in [0.2, 0.25) is 0 Å². The fraction of sp³-hybridized carbons (Fsp3) is 0.294. The molecule has 5 heteroatoms. The Labute approximate surface area is 145 Å². The van der Waals surface area contributed by atoms with E-state index in [4.69, 9.17) is 4.74 Å². The highest BCUT2D eigenvalue weighted by atomic mass is 79.9. The van der Waals surface area contributed by atoms with Crippen LogP contribution in [-0.2, 0) is 13.0 Å². The molecule has 0 unspecified atom stereocenters. The standard InChI is InChI=1S/C17H19BrFNO.ClH/c1-2-21-17-8-7-13(11-15(17)18)12-20-10-9-14-5-3-4-6-16(14)19;/h3-8,11,20H,2,9-10,12H2,1H3;1H. The maximum Gasteiger partial charge on any atom is 0.133 e. The molecule has 0 atom stereocenters. The third kappa shape index (κ3) is 5.59. The Kier molecular flexibility index (Phi) is 8.46. The van der Waals surface area contributed by atoms with Gasteiger partial charge >= 0.3 is 0 Å². The van der Waals surface area contributed by atoms with Gasteiger partial charge in [-0.3, -0.25) is 0 Å². The molecule has 0 fully saturated rings. The molecule has 0 spiro atoms. The minimum absolute atomic E-state index is 0. The average molecular weight is 389 g/mol. The summed E-state index contributed by atoms with van der Waals surface area (Å²) in [6, 6.07) is 12.9. The highest BCUT2D eigenvalue weighted by Gasteiger charge is 2.03. The van der Waals surface area contributed by atoms with Gasteiger partial charge in [0.2, 0.25) is 0 Å². The van der Waals surface area contributed by atoms with E-state index in [1.54, 1.807) is 6.07 Å². The van der Waals surface area contributed by atoms with Gasteiger partial charge in [-0.05, 0) is 65.1 Å². The Morgan fingerprint density at radius 3 is 2.64 bits per heavy atom. The predicted molar refractivity (Wildman–Crippen MR) is 94.4 cm³/mol. The molecule has 0 bridgehead atoms. The predicted octanol–water partition coefficient (Wildman–Crippen LogP) is 4.74. The number of halogens is 3. The smallest absolute Gasteiger partial charge is 0.133 e. The third-order valence-corrected chi connectivity index (χ3v) is 3.77. The number of hydrogen-bond donors (Lipinski definition) is 1. The number of rotatable bonds is 7. The van der Waals surface area contributed by atoms with Gasteiger partial charge < -0.3 is 10.1 Å². The summed E-state index contributed by atoms with van der Waals surface area (Å²) in [4.78, 5) is 0. The van der Waals surface area contributed by atoms with Gasteiger partial charge in [-0.25, -0.2) is 4.39 Å². The number of hydrogen-bond acceptors (Lipinski definition) is 2. The second kappa shape index (κ2) is 9.82. The van der Waals surface area contributed by atoms with Crippen molar-refractivity contribution in [2.24, 2.45) is 0 Å². The lowest BCUT2D eigenvalue weighted by Gasteiger charge is -2.09. The summed E-state index contributed by atoms with van der Waals surface area (Å²) in [6.07, 6.45) is 0.685. The monoisotopic (exact) mass is 387 g/mol. The van der Waals surface area contributed by atoms with Crippen molar-refractivity contribution in [3.8, 4) is 5.75 Å². The zero-order chi connectivity index (χ0) is 15.1. The molecule has 0 saturated carbocycles. The molecule has 2 aromatic rings. The SMILES string of the molecule is CCOc1ccc(CNCCc2ccccc2F)cc1Br.Cl. The summed E-state index contributed by atoms with van der Waals surface area (Å²) in [5.41, 5.74) is 1.91. The van der Waals surface area contributed by atoms with Crippen LogP contribution in [0.3, 0.4) is 0 Å². The maximum atomic E-state index is 13.5. The largest absolute Gasteiger partial charge is 0.493 e. The molecule has 0 amide bonds. The lowest BCUT2D eigenvalue weighted by atomic mass is 10.1. The fourth-order valence-electron chi connectivity index (χ4n) is 2.08. The molecule has 0 aliphatic rings. The summed E-state index contributed by atoms with van der Waals surface area (Å²) < 4.78 is 19.9. The molecular formula is C17H20BrClFNO. The first kappa shape index (κ1) is 18.9. The molecule has 0 radical (unpaired) electrons. The second-order valence-electron chi connectivity index (χ2n) is 4.72. The topological polar surface area (TPSA) is 21.3 Å². The van der Waals surface area contributed by atoms with Crippen molar-refractivity contribution in [3.05, 3.63) is 63.9 Å². The first-order valence-electron chi connectivity index (χ1n) is 7.06. The van der Waals surface area contributed by atoms with E-state index in [0.717, 1.165) is 28.9 Å². The Bertz CT molecular complexity index is 595. The first-order chi connectivity index (χ1) is 10.2. The fourth-order valence-corrected chi connectivity index (χ4v) is 2.62. The molecule has 120 valence electrons. The number of nitrogens with one attached hydrogen (secondary N) is 1. The number of ether oxygens (including phenoxy) is 1. The van der Waals surface area contributed by atoms with Crippen molar-refractivity contribution in [2.75, 3.05) is 13.2 Å². The van der Waals surface area contributed by atoms with Gasteiger partial charge in [0.15, 0.2) is 0 Å². The van der Waals surface area contributed by atoms with E-state index in [1.165, 1.54) is 11.6 Å². The summed E-state index contributed by atoms with van der Waals surface area (Å²) in [7, 11) is 0. The van der Waals surface area contributed by atoms with Crippen molar-refractivity contribution in [3.63, 3.8) is 0 Å². The van der Waals surface area contributed by atoms with Crippen molar-refractivity contribution >= 4 is 28.3 Å². The normalized spacial score (nSPS) is 10.1. The molecule has 2 rings (SSSR count).